The molecule has 0 atom stereocenters. The smallest absolute Gasteiger partial charge is 0.233 e. The van der Waals surface area contributed by atoms with Gasteiger partial charge in [-0.15, -0.1) is 23.7 Å². The lowest BCUT2D eigenvalue weighted by Gasteiger charge is -2.02. The molecule has 6 heteroatoms. The van der Waals surface area contributed by atoms with Crippen LogP contribution in [-0.2, 0) is 11.2 Å². The van der Waals surface area contributed by atoms with E-state index in [1.54, 1.807) is 18.4 Å². The highest BCUT2D eigenvalue weighted by molar-refractivity contribution is 7.11. The van der Waals surface area contributed by atoms with Crippen LogP contribution in [0.3, 0.4) is 0 Å². The maximum Gasteiger partial charge on any atom is 0.233 e. The molecule has 1 aromatic heterocycles. The van der Waals surface area contributed by atoms with Crippen LogP contribution in [0, 0.1) is 13.8 Å². The van der Waals surface area contributed by atoms with Crippen LogP contribution in [0.25, 0.3) is 0 Å². The van der Waals surface area contributed by atoms with Gasteiger partial charge in [0.25, 0.3) is 0 Å². The monoisotopic (exact) mass is 263 g/mol. The molecule has 0 spiro atoms. The second-order valence-electron chi connectivity index (χ2n) is 3.38. The van der Waals surface area contributed by atoms with Crippen molar-refractivity contribution in [3.63, 3.8) is 0 Å². The lowest BCUT2D eigenvalue weighted by molar-refractivity contribution is -0.120. The van der Waals surface area contributed by atoms with Crippen molar-refractivity contribution in [2.24, 2.45) is 0 Å². The molecular formula is C10H18ClN3OS. The molecule has 0 aromatic carbocycles. The van der Waals surface area contributed by atoms with E-state index in [2.05, 4.69) is 22.5 Å². The second kappa shape index (κ2) is 7.60. The fourth-order valence-corrected chi connectivity index (χ4v) is 2.11. The Bertz CT molecular complexity index is 321. The Kier molecular flexibility index (Phi) is 7.29. The molecule has 0 fully saturated rings. The largest absolute Gasteiger partial charge is 0.355 e. The molecule has 4 nitrogen and oxygen atoms in total. The minimum absolute atomic E-state index is 0. The number of carbonyl (C=O) groups is 1. The zero-order valence-corrected chi connectivity index (χ0v) is 11.4. The van der Waals surface area contributed by atoms with E-state index in [0.717, 1.165) is 17.1 Å². The molecule has 2 N–H and O–H groups in total. The normalized spacial score (nSPS) is 9.69. The highest BCUT2D eigenvalue weighted by atomic mass is 35.5. The first-order valence-electron chi connectivity index (χ1n) is 4.97. The summed E-state index contributed by atoms with van der Waals surface area (Å²) in [6, 6.07) is 0. The summed E-state index contributed by atoms with van der Waals surface area (Å²) in [6.07, 6.45) is 0.814. The average molecular weight is 264 g/mol. The molecule has 16 heavy (non-hydrogen) atoms. The number of thiazole rings is 1. The first-order valence-corrected chi connectivity index (χ1v) is 5.79. The third-order valence-corrected chi connectivity index (χ3v) is 3.20. The number of aryl methyl sites for hydroxylation is 2. The van der Waals surface area contributed by atoms with Crippen molar-refractivity contribution in [1.82, 2.24) is 15.6 Å². The number of halogens is 1. The van der Waals surface area contributed by atoms with Gasteiger partial charge in [-0.3, -0.25) is 4.79 Å². The van der Waals surface area contributed by atoms with Crippen LogP contribution in [0.5, 0.6) is 0 Å². The summed E-state index contributed by atoms with van der Waals surface area (Å²) in [5.74, 6) is 0.0301. The van der Waals surface area contributed by atoms with E-state index in [-0.39, 0.29) is 18.3 Å². The Balaban J connectivity index is 0.00000225. The van der Waals surface area contributed by atoms with Gasteiger partial charge in [-0.2, -0.15) is 0 Å². The van der Waals surface area contributed by atoms with E-state index < -0.39 is 0 Å². The number of hydrogen-bond acceptors (Lipinski definition) is 4. The third kappa shape index (κ3) is 4.92. The summed E-state index contributed by atoms with van der Waals surface area (Å²) in [4.78, 5) is 16.8. The van der Waals surface area contributed by atoms with Crippen molar-refractivity contribution in [3.05, 3.63) is 15.6 Å². The first kappa shape index (κ1) is 15.3. The van der Waals surface area contributed by atoms with Crippen LogP contribution in [-0.4, -0.2) is 31.0 Å². The number of nitrogens with zero attached hydrogens (tertiary/aromatic N) is 1. The van der Waals surface area contributed by atoms with Crippen LogP contribution in [0.15, 0.2) is 0 Å². The van der Waals surface area contributed by atoms with Gasteiger partial charge in [0.2, 0.25) is 5.91 Å². The molecule has 1 heterocycles. The van der Waals surface area contributed by atoms with Crippen molar-refractivity contribution >= 4 is 29.7 Å². The van der Waals surface area contributed by atoms with Gasteiger partial charge in [0.15, 0.2) is 0 Å². The predicted octanol–water partition coefficient (Wildman–Crippen LogP) is 1.06. The summed E-state index contributed by atoms with van der Waals surface area (Å²) >= 11 is 1.70. The third-order valence-electron chi connectivity index (χ3n) is 2.07. The Morgan fingerprint density at radius 1 is 1.44 bits per heavy atom. The topological polar surface area (TPSA) is 54.0 Å². The van der Waals surface area contributed by atoms with Gasteiger partial charge >= 0.3 is 0 Å². The molecular weight excluding hydrogens is 246 g/mol. The van der Waals surface area contributed by atoms with E-state index in [0.29, 0.717) is 13.1 Å². The lowest BCUT2D eigenvalue weighted by atomic mass is 10.4. The van der Waals surface area contributed by atoms with Crippen molar-refractivity contribution in [3.8, 4) is 0 Å². The van der Waals surface area contributed by atoms with E-state index in [9.17, 15) is 4.79 Å². The SMILES string of the molecule is CNCC(=O)NCCc1nc(C)c(C)s1.Cl. The molecule has 0 aliphatic carbocycles. The summed E-state index contributed by atoms with van der Waals surface area (Å²) < 4.78 is 0. The molecule has 0 saturated carbocycles. The van der Waals surface area contributed by atoms with Crippen molar-refractivity contribution < 1.29 is 4.79 Å². The van der Waals surface area contributed by atoms with Crippen molar-refractivity contribution in [2.75, 3.05) is 20.1 Å². The van der Waals surface area contributed by atoms with Gasteiger partial charge in [-0.05, 0) is 20.9 Å². The molecule has 1 aromatic rings. The van der Waals surface area contributed by atoms with Crippen LogP contribution in [0.4, 0.5) is 0 Å². The summed E-state index contributed by atoms with van der Waals surface area (Å²) in [6.45, 7) is 5.10. The average Bonchev–Trinajstić information content (AvgIpc) is 2.46. The first-order chi connectivity index (χ1) is 7.13. The van der Waals surface area contributed by atoms with E-state index in [4.69, 9.17) is 0 Å². The van der Waals surface area contributed by atoms with Gasteiger partial charge < -0.3 is 10.6 Å². The predicted molar refractivity (Wildman–Crippen MR) is 69.5 cm³/mol. The zero-order valence-electron chi connectivity index (χ0n) is 9.79. The number of amides is 1. The molecule has 0 unspecified atom stereocenters. The highest BCUT2D eigenvalue weighted by Gasteiger charge is 2.04. The molecule has 0 bridgehead atoms. The Morgan fingerprint density at radius 3 is 2.62 bits per heavy atom. The Hall–Kier alpha value is -0.650. The van der Waals surface area contributed by atoms with Gasteiger partial charge in [-0.1, -0.05) is 0 Å². The molecule has 1 amide bonds. The van der Waals surface area contributed by atoms with E-state index >= 15 is 0 Å². The van der Waals surface area contributed by atoms with Gasteiger partial charge in [-0.25, -0.2) is 4.98 Å². The standard InChI is InChI=1S/C10H17N3OS.ClH/c1-7-8(2)15-10(13-7)4-5-12-9(14)6-11-3;/h11H,4-6H2,1-3H3,(H,12,14);1H. The second-order valence-corrected chi connectivity index (χ2v) is 4.67. The molecule has 0 aliphatic rings. The lowest BCUT2D eigenvalue weighted by Crippen LogP contribution is -2.33. The number of carbonyl (C=O) groups excluding carboxylic acids is 1. The number of likely N-dealkylation sites (N-methyl/N-ethyl adjacent to an activating group) is 1. The Labute approximate surface area is 106 Å². The van der Waals surface area contributed by atoms with E-state index in [1.807, 2.05) is 6.92 Å². The maximum absolute atomic E-state index is 11.1. The maximum atomic E-state index is 11.1. The fraction of sp³-hybridized carbons (Fsp3) is 0.600. The fourth-order valence-electron chi connectivity index (χ4n) is 1.18. The number of rotatable bonds is 5. The van der Waals surface area contributed by atoms with Crippen LogP contribution >= 0.6 is 23.7 Å². The molecule has 0 aliphatic heterocycles. The van der Waals surface area contributed by atoms with Crippen LogP contribution in [0.1, 0.15) is 15.6 Å². The minimum atomic E-state index is 0. The van der Waals surface area contributed by atoms with Crippen molar-refractivity contribution in [1.29, 1.82) is 0 Å². The molecule has 1 rings (SSSR count). The van der Waals surface area contributed by atoms with Gasteiger partial charge in [0, 0.05) is 17.8 Å². The zero-order chi connectivity index (χ0) is 11.3. The van der Waals surface area contributed by atoms with Crippen LogP contribution in [0.2, 0.25) is 0 Å². The quantitative estimate of drug-likeness (QED) is 0.835. The summed E-state index contributed by atoms with van der Waals surface area (Å²) in [5.41, 5.74) is 1.09. The molecule has 92 valence electrons. The van der Waals surface area contributed by atoms with Gasteiger partial charge in [0.05, 0.1) is 17.2 Å². The van der Waals surface area contributed by atoms with Gasteiger partial charge in [0.1, 0.15) is 0 Å². The number of nitrogens with one attached hydrogen (secondary N) is 2. The minimum Gasteiger partial charge on any atom is -0.355 e. The molecule has 0 saturated heterocycles. The number of aromatic nitrogens is 1. The van der Waals surface area contributed by atoms with E-state index in [1.165, 1.54) is 4.88 Å². The highest BCUT2D eigenvalue weighted by Crippen LogP contribution is 2.16. The number of hydrogen-bond donors (Lipinski definition) is 2. The van der Waals surface area contributed by atoms with Crippen LogP contribution < -0.4 is 10.6 Å². The van der Waals surface area contributed by atoms with Crippen molar-refractivity contribution in [2.45, 2.75) is 20.3 Å². The summed E-state index contributed by atoms with van der Waals surface area (Å²) in [5, 5.41) is 6.72. The summed E-state index contributed by atoms with van der Waals surface area (Å²) in [7, 11) is 1.76. The Morgan fingerprint density at radius 2 is 2.12 bits per heavy atom. The molecule has 0 radical (unpaired) electrons.